The number of hydrogen-bond donors (Lipinski definition) is 0. The van der Waals surface area contributed by atoms with E-state index in [1.165, 1.54) is 56.9 Å². The number of aryl methyl sites for hydroxylation is 1. The Morgan fingerprint density at radius 2 is 1.17 bits per heavy atom. The van der Waals surface area contributed by atoms with Gasteiger partial charge in [0.2, 0.25) is 0 Å². The largest absolute Gasteiger partial charge is 0.151 e. The molecule has 122 valence electrons. The third-order valence-corrected chi connectivity index (χ3v) is 4.04. The topological polar surface area (TPSA) is 24.7 Å². The zero-order chi connectivity index (χ0) is 16.2. The SMILES string of the molecule is CCCCCCCCCc1ccc(/N=N/c2ccccc2)cc1. The molecule has 2 rings (SSSR count). The van der Waals surface area contributed by atoms with E-state index in [4.69, 9.17) is 0 Å². The van der Waals surface area contributed by atoms with Crippen LogP contribution in [0.2, 0.25) is 0 Å². The normalized spacial score (nSPS) is 11.2. The second-order valence-corrected chi connectivity index (χ2v) is 6.07. The standard InChI is InChI=1S/C21H28N2/c1-2-3-4-5-6-7-9-12-19-15-17-21(18-16-19)23-22-20-13-10-8-11-14-20/h8,10-11,13-18H,2-7,9,12H2,1H3/b23-22+. The van der Waals surface area contributed by atoms with Gasteiger partial charge in [-0.05, 0) is 42.7 Å². The fraction of sp³-hybridized carbons (Fsp3) is 0.429. The quantitative estimate of drug-likeness (QED) is 0.323. The Balaban J connectivity index is 1.69. The van der Waals surface area contributed by atoms with E-state index in [0.29, 0.717) is 0 Å². The Hall–Kier alpha value is -1.96. The molecule has 0 bridgehead atoms. The maximum absolute atomic E-state index is 4.28. The zero-order valence-electron chi connectivity index (χ0n) is 14.2. The maximum atomic E-state index is 4.28. The van der Waals surface area contributed by atoms with Gasteiger partial charge in [0.25, 0.3) is 0 Å². The van der Waals surface area contributed by atoms with Gasteiger partial charge < -0.3 is 0 Å². The van der Waals surface area contributed by atoms with Gasteiger partial charge >= 0.3 is 0 Å². The lowest BCUT2D eigenvalue weighted by atomic mass is 10.0. The van der Waals surface area contributed by atoms with Crippen LogP contribution in [0.5, 0.6) is 0 Å². The summed E-state index contributed by atoms with van der Waals surface area (Å²) in [6.45, 7) is 2.27. The molecule has 0 spiro atoms. The molecule has 2 nitrogen and oxygen atoms in total. The molecular weight excluding hydrogens is 280 g/mol. The predicted octanol–water partition coefficient (Wildman–Crippen LogP) is 7.40. The second kappa shape index (κ2) is 10.7. The van der Waals surface area contributed by atoms with Crippen molar-refractivity contribution in [1.82, 2.24) is 0 Å². The minimum atomic E-state index is 0.889. The van der Waals surface area contributed by atoms with Gasteiger partial charge in [-0.1, -0.05) is 75.8 Å². The molecule has 0 atom stereocenters. The highest BCUT2D eigenvalue weighted by Gasteiger charge is 1.96. The van der Waals surface area contributed by atoms with E-state index in [9.17, 15) is 0 Å². The highest BCUT2D eigenvalue weighted by Crippen LogP contribution is 2.19. The monoisotopic (exact) mass is 308 g/mol. The Bertz CT molecular complexity index is 558. The van der Waals surface area contributed by atoms with Crippen LogP contribution < -0.4 is 0 Å². The first-order valence-electron chi connectivity index (χ1n) is 8.94. The van der Waals surface area contributed by atoms with Gasteiger partial charge in [-0.3, -0.25) is 0 Å². The maximum Gasteiger partial charge on any atom is 0.0857 e. The van der Waals surface area contributed by atoms with Gasteiger partial charge in [-0.2, -0.15) is 10.2 Å². The molecule has 0 heterocycles. The van der Waals surface area contributed by atoms with E-state index in [1.807, 2.05) is 30.3 Å². The van der Waals surface area contributed by atoms with Gasteiger partial charge in [-0.15, -0.1) is 0 Å². The summed E-state index contributed by atoms with van der Waals surface area (Å²) in [5, 5.41) is 8.52. The van der Waals surface area contributed by atoms with Crippen molar-refractivity contribution in [2.24, 2.45) is 10.2 Å². The predicted molar refractivity (Wildman–Crippen MR) is 98.8 cm³/mol. The molecule has 0 aliphatic heterocycles. The van der Waals surface area contributed by atoms with Crippen LogP contribution >= 0.6 is 0 Å². The number of azo groups is 1. The Labute approximate surface area is 140 Å². The minimum absolute atomic E-state index is 0.889. The van der Waals surface area contributed by atoms with Crippen molar-refractivity contribution in [2.45, 2.75) is 58.3 Å². The first-order valence-corrected chi connectivity index (χ1v) is 8.94. The van der Waals surface area contributed by atoms with Crippen LogP contribution in [0.15, 0.2) is 64.8 Å². The van der Waals surface area contributed by atoms with Crippen LogP contribution in [-0.2, 0) is 6.42 Å². The molecule has 0 amide bonds. The van der Waals surface area contributed by atoms with Crippen LogP contribution in [0.4, 0.5) is 11.4 Å². The molecule has 2 heteroatoms. The Morgan fingerprint density at radius 1 is 0.609 bits per heavy atom. The minimum Gasteiger partial charge on any atom is -0.151 e. The molecule has 0 unspecified atom stereocenters. The highest BCUT2D eigenvalue weighted by atomic mass is 15.1. The van der Waals surface area contributed by atoms with Crippen molar-refractivity contribution in [2.75, 3.05) is 0 Å². The lowest BCUT2D eigenvalue weighted by Crippen LogP contribution is -1.86. The molecule has 0 radical (unpaired) electrons. The average molecular weight is 308 g/mol. The average Bonchev–Trinajstić information content (AvgIpc) is 2.61. The molecule has 0 aliphatic rings. The second-order valence-electron chi connectivity index (χ2n) is 6.07. The molecule has 0 aromatic heterocycles. The van der Waals surface area contributed by atoms with Crippen LogP contribution in [0.3, 0.4) is 0 Å². The summed E-state index contributed by atoms with van der Waals surface area (Å²) >= 11 is 0. The van der Waals surface area contributed by atoms with E-state index in [0.717, 1.165) is 11.4 Å². The van der Waals surface area contributed by atoms with E-state index in [-0.39, 0.29) is 0 Å². The first kappa shape index (κ1) is 17.4. The fourth-order valence-electron chi connectivity index (χ4n) is 2.63. The van der Waals surface area contributed by atoms with Crippen molar-refractivity contribution < 1.29 is 0 Å². The first-order chi connectivity index (χ1) is 11.4. The summed E-state index contributed by atoms with van der Waals surface area (Å²) < 4.78 is 0. The third-order valence-electron chi connectivity index (χ3n) is 4.04. The summed E-state index contributed by atoms with van der Waals surface area (Å²) in [5.41, 5.74) is 3.20. The summed E-state index contributed by atoms with van der Waals surface area (Å²) in [6.07, 6.45) is 10.7. The van der Waals surface area contributed by atoms with Gasteiger partial charge in [0.15, 0.2) is 0 Å². The Kier molecular flexibility index (Phi) is 8.10. The number of hydrogen-bond acceptors (Lipinski definition) is 2. The van der Waals surface area contributed by atoms with E-state index < -0.39 is 0 Å². The van der Waals surface area contributed by atoms with Gasteiger partial charge in [0, 0.05) is 0 Å². The lowest BCUT2D eigenvalue weighted by Gasteiger charge is -2.02. The molecule has 0 aliphatic carbocycles. The van der Waals surface area contributed by atoms with Gasteiger partial charge in [-0.25, -0.2) is 0 Å². The number of unbranched alkanes of at least 4 members (excludes halogenated alkanes) is 6. The van der Waals surface area contributed by atoms with Crippen LogP contribution in [-0.4, -0.2) is 0 Å². The van der Waals surface area contributed by atoms with E-state index in [2.05, 4.69) is 41.4 Å². The number of rotatable bonds is 10. The smallest absolute Gasteiger partial charge is 0.0857 e. The summed E-state index contributed by atoms with van der Waals surface area (Å²) in [6, 6.07) is 18.3. The van der Waals surface area contributed by atoms with Crippen molar-refractivity contribution in [3.63, 3.8) is 0 Å². The van der Waals surface area contributed by atoms with Crippen molar-refractivity contribution in [3.05, 3.63) is 60.2 Å². The van der Waals surface area contributed by atoms with Crippen molar-refractivity contribution in [3.8, 4) is 0 Å². The molecule has 0 saturated carbocycles. The Morgan fingerprint density at radius 3 is 1.83 bits per heavy atom. The van der Waals surface area contributed by atoms with E-state index >= 15 is 0 Å². The van der Waals surface area contributed by atoms with Crippen LogP contribution in [0, 0.1) is 0 Å². The molecule has 0 N–H and O–H groups in total. The highest BCUT2D eigenvalue weighted by molar-refractivity contribution is 5.40. The lowest BCUT2D eigenvalue weighted by molar-refractivity contribution is 0.589. The molecule has 0 saturated heterocycles. The number of nitrogens with zero attached hydrogens (tertiary/aromatic N) is 2. The summed E-state index contributed by atoms with van der Waals surface area (Å²) in [7, 11) is 0. The van der Waals surface area contributed by atoms with Gasteiger partial charge in [0.1, 0.15) is 0 Å². The zero-order valence-corrected chi connectivity index (χ0v) is 14.2. The van der Waals surface area contributed by atoms with Crippen LogP contribution in [0.1, 0.15) is 57.4 Å². The fourth-order valence-corrected chi connectivity index (χ4v) is 2.63. The summed E-state index contributed by atoms with van der Waals surface area (Å²) in [4.78, 5) is 0. The van der Waals surface area contributed by atoms with Crippen LogP contribution in [0.25, 0.3) is 0 Å². The summed E-state index contributed by atoms with van der Waals surface area (Å²) in [5.74, 6) is 0. The number of benzene rings is 2. The van der Waals surface area contributed by atoms with E-state index in [1.54, 1.807) is 0 Å². The molecule has 2 aromatic rings. The molecule has 0 fully saturated rings. The van der Waals surface area contributed by atoms with Gasteiger partial charge in [0.05, 0.1) is 11.4 Å². The molecular formula is C21H28N2. The van der Waals surface area contributed by atoms with Crippen molar-refractivity contribution in [1.29, 1.82) is 0 Å². The van der Waals surface area contributed by atoms with Crippen molar-refractivity contribution >= 4 is 11.4 Å². The molecule has 2 aromatic carbocycles. The third kappa shape index (κ3) is 7.23. The molecule has 23 heavy (non-hydrogen) atoms.